The van der Waals surface area contributed by atoms with Gasteiger partial charge in [0.25, 0.3) is 6.08 Å². The lowest BCUT2D eigenvalue weighted by Gasteiger charge is -1.95. The van der Waals surface area contributed by atoms with E-state index >= 15 is 0 Å². The second-order valence-electron chi connectivity index (χ2n) is 3.62. The third-order valence-corrected chi connectivity index (χ3v) is 2.48. The van der Waals surface area contributed by atoms with Gasteiger partial charge in [0.1, 0.15) is 0 Å². The van der Waals surface area contributed by atoms with Gasteiger partial charge < -0.3 is 5.11 Å². The highest BCUT2D eigenvalue weighted by Gasteiger charge is 2.61. The van der Waals surface area contributed by atoms with Crippen molar-refractivity contribution in [3.8, 4) is 0 Å². The molecule has 5 heteroatoms. The van der Waals surface area contributed by atoms with Gasteiger partial charge in [0.15, 0.2) is 0 Å². The Bertz CT molecular complexity index is 247. The predicted molar refractivity (Wildman–Crippen MR) is 45.9 cm³/mol. The molecule has 0 heterocycles. The number of carboxylic acids is 1. The molecule has 0 amide bonds. The van der Waals surface area contributed by atoms with Crippen molar-refractivity contribution < 1.29 is 18.7 Å². The molecule has 0 aliphatic heterocycles. The van der Waals surface area contributed by atoms with Gasteiger partial charge in [-0.3, -0.25) is 4.79 Å². The van der Waals surface area contributed by atoms with Crippen LogP contribution in [0.1, 0.15) is 13.8 Å². The zero-order valence-electron chi connectivity index (χ0n) is 7.25. The molecular weight excluding hydrogens is 202 g/mol. The molecule has 0 aromatic rings. The van der Waals surface area contributed by atoms with E-state index in [1.807, 2.05) is 0 Å². The zero-order chi connectivity index (χ0) is 9.52. The number of rotatable bonds is 2. The largest absolute Gasteiger partial charge is 0.481 e. The number of hydrogen-bond donors (Lipinski definition) is 1. The van der Waals surface area contributed by atoms with Crippen LogP contribution in [0.3, 0.4) is 0 Å². The van der Waals surface area contributed by atoms with Crippen molar-refractivity contribution in [2.45, 2.75) is 13.8 Å². The normalized spacial score (nSPS) is 28.6. The maximum atomic E-state index is 11.8. The second kappa shape index (κ2) is 3.62. The highest BCUT2D eigenvalue weighted by molar-refractivity contribution is 5.85. The molecule has 1 N–H and O–H groups in total. The van der Waals surface area contributed by atoms with Crippen molar-refractivity contribution in [2.75, 3.05) is 0 Å². The third-order valence-electron chi connectivity index (χ3n) is 2.48. The van der Waals surface area contributed by atoms with Gasteiger partial charge in [-0.2, -0.15) is 8.78 Å². The summed E-state index contributed by atoms with van der Waals surface area (Å²) in [6.45, 7) is 3.35. The van der Waals surface area contributed by atoms with E-state index < -0.39 is 29.3 Å². The SMILES string of the molecule is CC1(C)[C@H](C(=O)O)[C@@H]1C=C(F)F.Cl. The van der Waals surface area contributed by atoms with E-state index in [1.54, 1.807) is 13.8 Å². The van der Waals surface area contributed by atoms with Crippen LogP contribution >= 0.6 is 12.4 Å². The van der Waals surface area contributed by atoms with E-state index in [0.29, 0.717) is 0 Å². The summed E-state index contributed by atoms with van der Waals surface area (Å²) in [7, 11) is 0. The van der Waals surface area contributed by atoms with Gasteiger partial charge in [-0.25, -0.2) is 0 Å². The van der Waals surface area contributed by atoms with Gasteiger partial charge in [-0.05, 0) is 11.5 Å². The fourth-order valence-electron chi connectivity index (χ4n) is 1.60. The van der Waals surface area contributed by atoms with E-state index in [0.717, 1.165) is 6.08 Å². The van der Waals surface area contributed by atoms with Crippen molar-refractivity contribution in [3.05, 3.63) is 12.2 Å². The van der Waals surface area contributed by atoms with E-state index in [2.05, 4.69) is 0 Å². The van der Waals surface area contributed by atoms with Gasteiger partial charge in [-0.1, -0.05) is 13.8 Å². The summed E-state index contributed by atoms with van der Waals surface area (Å²) in [5.41, 5.74) is -0.519. The van der Waals surface area contributed by atoms with E-state index in [-0.39, 0.29) is 12.4 Å². The van der Waals surface area contributed by atoms with Crippen molar-refractivity contribution in [3.63, 3.8) is 0 Å². The Balaban J connectivity index is 0.00000144. The third kappa shape index (κ3) is 2.18. The monoisotopic (exact) mass is 212 g/mol. The highest BCUT2D eigenvalue weighted by atomic mass is 35.5. The van der Waals surface area contributed by atoms with E-state index in [4.69, 9.17) is 5.11 Å². The van der Waals surface area contributed by atoms with Crippen molar-refractivity contribution in [2.24, 2.45) is 17.3 Å². The molecule has 1 saturated carbocycles. The molecule has 2 atom stereocenters. The Hall–Kier alpha value is -0.640. The van der Waals surface area contributed by atoms with Gasteiger partial charge in [0, 0.05) is 5.92 Å². The van der Waals surface area contributed by atoms with Crippen LogP contribution in [0, 0.1) is 17.3 Å². The van der Waals surface area contributed by atoms with Crippen LogP contribution in [-0.4, -0.2) is 11.1 Å². The molecule has 0 radical (unpaired) electrons. The Morgan fingerprint density at radius 1 is 1.46 bits per heavy atom. The molecule has 13 heavy (non-hydrogen) atoms. The lowest BCUT2D eigenvalue weighted by atomic mass is 10.1. The minimum Gasteiger partial charge on any atom is -0.481 e. The van der Waals surface area contributed by atoms with Crippen LogP contribution in [0.2, 0.25) is 0 Å². The molecule has 1 rings (SSSR count). The number of hydrogen-bond acceptors (Lipinski definition) is 1. The predicted octanol–water partition coefficient (Wildman–Crippen LogP) is 2.55. The first kappa shape index (κ1) is 12.4. The minimum atomic E-state index is -1.79. The molecular formula is C8H11ClF2O2. The van der Waals surface area contributed by atoms with Crippen LogP contribution < -0.4 is 0 Å². The zero-order valence-corrected chi connectivity index (χ0v) is 8.07. The van der Waals surface area contributed by atoms with Crippen LogP contribution in [-0.2, 0) is 4.79 Å². The van der Waals surface area contributed by atoms with Crippen LogP contribution in [0.4, 0.5) is 8.78 Å². The topological polar surface area (TPSA) is 37.3 Å². The average molecular weight is 213 g/mol. The first-order chi connectivity index (χ1) is 5.37. The fourth-order valence-corrected chi connectivity index (χ4v) is 1.60. The summed E-state index contributed by atoms with van der Waals surface area (Å²) in [4.78, 5) is 10.5. The summed E-state index contributed by atoms with van der Waals surface area (Å²) >= 11 is 0. The summed E-state index contributed by atoms with van der Waals surface area (Å²) in [6, 6.07) is 0. The molecule has 0 saturated heterocycles. The van der Waals surface area contributed by atoms with Crippen molar-refractivity contribution in [1.29, 1.82) is 0 Å². The van der Waals surface area contributed by atoms with Crippen LogP contribution in [0.25, 0.3) is 0 Å². The number of allylic oxidation sites excluding steroid dienone is 1. The Kier molecular flexibility index (Phi) is 3.44. The smallest absolute Gasteiger partial charge is 0.307 e. The van der Waals surface area contributed by atoms with Crippen molar-refractivity contribution >= 4 is 18.4 Å². The molecule has 1 aliphatic rings. The lowest BCUT2D eigenvalue weighted by Crippen LogP contribution is -2.02. The second-order valence-corrected chi connectivity index (χ2v) is 3.62. The fraction of sp³-hybridized carbons (Fsp3) is 0.625. The lowest BCUT2D eigenvalue weighted by molar-refractivity contribution is -0.139. The maximum Gasteiger partial charge on any atom is 0.307 e. The summed E-state index contributed by atoms with van der Waals surface area (Å²) < 4.78 is 23.5. The molecule has 0 bridgehead atoms. The molecule has 0 unspecified atom stereocenters. The van der Waals surface area contributed by atoms with Crippen LogP contribution in [0.15, 0.2) is 12.2 Å². The average Bonchev–Trinajstić information content (AvgIpc) is 2.32. The molecule has 1 aliphatic carbocycles. The quantitative estimate of drug-likeness (QED) is 0.764. The number of carboxylic acid groups (broad SMARTS) is 1. The maximum absolute atomic E-state index is 11.8. The number of carbonyl (C=O) groups is 1. The molecule has 76 valence electrons. The summed E-state index contributed by atoms with van der Waals surface area (Å²) in [5, 5.41) is 8.60. The van der Waals surface area contributed by atoms with Gasteiger partial charge in [0.2, 0.25) is 0 Å². The first-order valence-corrected chi connectivity index (χ1v) is 3.63. The summed E-state index contributed by atoms with van der Waals surface area (Å²) in [6.07, 6.45) is -1.06. The standard InChI is InChI=1S/C8H10F2O2.ClH/c1-8(2)4(3-5(9)10)6(8)7(11)12;/h3-4,6H,1-2H3,(H,11,12);1H/t4-,6-;/m0./s1. The van der Waals surface area contributed by atoms with Gasteiger partial charge in [0.05, 0.1) is 5.92 Å². The van der Waals surface area contributed by atoms with E-state index in [9.17, 15) is 13.6 Å². The minimum absolute atomic E-state index is 0. The number of halogens is 3. The number of aliphatic carboxylic acids is 1. The van der Waals surface area contributed by atoms with Gasteiger partial charge >= 0.3 is 5.97 Å². The molecule has 1 fully saturated rings. The molecule has 0 aromatic carbocycles. The Morgan fingerprint density at radius 2 is 1.92 bits per heavy atom. The first-order valence-electron chi connectivity index (χ1n) is 3.63. The molecule has 0 aromatic heterocycles. The van der Waals surface area contributed by atoms with Crippen LogP contribution in [0.5, 0.6) is 0 Å². The molecule has 0 spiro atoms. The van der Waals surface area contributed by atoms with E-state index in [1.165, 1.54) is 0 Å². The van der Waals surface area contributed by atoms with Crippen molar-refractivity contribution in [1.82, 2.24) is 0 Å². The van der Waals surface area contributed by atoms with Gasteiger partial charge in [-0.15, -0.1) is 12.4 Å². The Morgan fingerprint density at radius 3 is 2.15 bits per heavy atom. The Labute approximate surface area is 81.0 Å². The molecule has 2 nitrogen and oxygen atoms in total. The highest BCUT2D eigenvalue weighted by Crippen LogP contribution is 2.59. The summed E-state index contributed by atoms with van der Waals surface area (Å²) in [5.74, 6) is -2.17.